The highest BCUT2D eigenvalue weighted by Crippen LogP contribution is 2.24. The SMILES string of the molecule is CCOc1ccc(NC(=O)NCCc2csc(-c3ccc(C)cc3)n2)c(C)c1. The second-order valence-corrected chi connectivity index (χ2v) is 7.41. The maximum Gasteiger partial charge on any atom is 0.319 e. The summed E-state index contributed by atoms with van der Waals surface area (Å²) in [7, 11) is 0. The first kappa shape index (κ1) is 19.9. The lowest BCUT2D eigenvalue weighted by molar-refractivity contribution is 0.252. The van der Waals surface area contributed by atoms with Gasteiger partial charge in [-0.25, -0.2) is 9.78 Å². The van der Waals surface area contributed by atoms with E-state index >= 15 is 0 Å². The van der Waals surface area contributed by atoms with Gasteiger partial charge in [0, 0.05) is 29.6 Å². The molecule has 0 unspecified atom stereocenters. The van der Waals surface area contributed by atoms with Crippen LogP contribution in [0.3, 0.4) is 0 Å². The van der Waals surface area contributed by atoms with Crippen molar-refractivity contribution in [1.82, 2.24) is 10.3 Å². The first-order valence-electron chi connectivity index (χ1n) is 9.35. The quantitative estimate of drug-likeness (QED) is 0.579. The number of ether oxygens (including phenoxy) is 1. The van der Waals surface area contributed by atoms with Crippen LogP contribution in [0.1, 0.15) is 23.7 Å². The number of aromatic nitrogens is 1. The number of carbonyl (C=O) groups excluding carboxylic acids is 1. The summed E-state index contributed by atoms with van der Waals surface area (Å²) in [5, 5.41) is 8.82. The van der Waals surface area contributed by atoms with Crippen LogP contribution < -0.4 is 15.4 Å². The topological polar surface area (TPSA) is 63.2 Å². The van der Waals surface area contributed by atoms with Gasteiger partial charge in [0.1, 0.15) is 10.8 Å². The maximum absolute atomic E-state index is 12.2. The molecular formula is C22H25N3O2S. The predicted octanol–water partition coefficient (Wildman–Crippen LogP) is 5.19. The fourth-order valence-electron chi connectivity index (χ4n) is 2.75. The van der Waals surface area contributed by atoms with Crippen LogP contribution in [0.5, 0.6) is 5.75 Å². The Labute approximate surface area is 169 Å². The van der Waals surface area contributed by atoms with Gasteiger partial charge in [-0.1, -0.05) is 29.8 Å². The van der Waals surface area contributed by atoms with Gasteiger partial charge in [-0.05, 0) is 44.5 Å². The fraction of sp³-hybridized carbons (Fsp3) is 0.273. The number of urea groups is 1. The van der Waals surface area contributed by atoms with E-state index in [2.05, 4.69) is 46.8 Å². The van der Waals surface area contributed by atoms with Gasteiger partial charge >= 0.3 is 6.03 Å². The molecule has 0 saturated heterocycles. The zero-order valence-corrected chi connectivity index (χ0v) is 17.2. The molecule has 0 aliphatic rings. The van der Waals surface area contributed by atoms with Crippen LogP contribution in [0.2, 0.25) is 0 Å². The van der Waals surface area contributed by atoms with Crippen molar-refractivity contribution in [1.29, 1.82) is 0 Å². The lowest BCUT2D eigenvalue weighted by atomic mass is 10.2. The van der Waals surface area contributed by atoms with Crippen molar-refractivity contribution < 1.29 is 9.53 Å². The Morgan fingerprint density at radius 1 is 1.14 bits per heavy atom. The Hall–Kier alpha value is -2.86. The van der Waals surface area contributed by atoms with Crippen LogP contribution in [0.25, 0.3) is 10.6 Å². The van der Waals surface area contributed by atoms with Crippen molar-refractivity contribution in [2.45, 2.75) is 27.2 Å². The van der Waals surface area contributed by atoms with Crippen LogP contribution >= 0.6 is 11.3 Å². The van der Waals surface area contributed by atoms with E-state index < -0.39 is 0 Å². The number of nitrogens with zero attached hydrogens (tertiary/aromatic N) is 1. The van der Waals surface area contributed by atoms with E-state index in [0.717, 1.165) is 33.3 Å². The number of anilines is 1. The molecule has 0 bridgehead atoms. The largest absolute Gasteiger partial charge is 0.494 e. The number of benzene rings is 2. The minimum atomic E-state index is -0.221. The van der Waals surface area contributed by atoms with Crippen LogP contribution in [0.15, 0.2) is 47.8 Å². The van der Waals surface area contributed by atoms with Crippen LogP contribution in [-0.4, -0.2) is 24.2 Å². The molecule has 3 aromatic rings. The van der Waals surface area contributed by atoms with Gasteiger partial charge in [0.15, 0.2) is 0 Å². The molecule has 5 nitrogen and oxygen atoms in total. The molecule has 146 valence electrons. The van der Waals surface area contributed by atoms with Crippen molar-refractivity contribution in [3.63, 3.8) is 0 Å². The van der Waals surface area contributed by atoms with Crippen molar-refractivity contribution in [3.8, 4) is 16.3 Å². The minimum absolute atomic E-state index is 0.221. The van der Waals surface area contributed by atoms with E-state index in [9.17, 15) is 4.79 Å². The Bertz CT molecular complexity index is 935. The average Bonchev–Trinajstić information content (AvgIpc) is 3.14. The number of hydrogen-bond donors (Lipinski definition) is 2. The lowest BCUT2D eigenvalue weighted by Gasteiger charge is -2.11. The highest BCUT2D eigenvalue weighted by atomic mass is 32.1. The molecular weight excluding hydrogens is 370 g/mol. The number of amides is 2. The Morgan fingerprint density at radius 2 is 1.93 bits per heavy atom. The third kappa shape index (κ3) is 5.33. The zero-order valence-electron chi connectivity index (χ0n) is 16.4. The summed E-state index contributed by atoms with van der Waals surface area (Å²) >= 11 is 1.63. The third-order valence-electron chi connectivity index (χ3n) is 4.27. The van der Waals surface area contributed by atoms with E-state index in [4.69, 9.17) is 4.74 Å². The molecule has 0 aliphatic heterocycles. The standard InChI is InChI=1S/C22H25N3O2S/c1-4-27-19-9-10-20(16(3)13-19)25-22(26)23-12-11-18-14-28-21(24-18)17-7-5-15(2)6-8-17/h5-10,13-14H,4,11-12H2,1-3H3,(H2,23,25,26). The molecule has 0 fully saturated rings. The molecule has 2 N–H and O–H groups in total. The molecule has 0 spiro atoms. The van der Waals surface area contributed by atoms with Gasteiger partial charge < -0.3 is 15.4 Å². The second kappa shape index (κ2) is 9.37. The zero-order chi connectivity index (χ0) is 19.9. The van der Waals surface area contributed by atoms with Gasteiger partial charge in [0.05, 0.1) is 12.3 Å². The minimum Gasteiger partial charge on any atom is -0.494 e. The number of aryl methyl sites for hydroxylation is 2. The Kier molecular flexibility index (Phi) is 6.66. The normalized spacial score (nSPS) is 10.5. The second-order valence-electron chi connectivity index (χ2n) is 6.55. The number of thiazole rings is 1. The van der Waals surface area contributed by atoms with E-state index in [-0.39, 0.29) is 6.03 Å². The number of hydrogen-bond acceptors (Lipinski definition) is 4. The van der Waals surface area contributed by atoms with Gasteiger partial charge in [-0.15, -0.1) is 11.3 Å². The molecule has 28 heavy (non-hydrogen) atoms. The molecule has 2 aromatic carbocycles. The third-order valence-corrected chi connectivity index (χ3v) is 5.21. The van der Waals surface area contributed by atoms with Gasteiger partial charge in [-0.3, -0.25) is 0 Å². The smallest absolute Gasteiger partial charge is 0.319 e. The summed E-state index contributed by atoms with van der Waals surface area (Å²) in [6.45, 7) is 7.11. The monoisotopic (exact) mass is 395 g/mol. The molecule has 6 heteroatoms. The average molecular weight is 396 g/mol. The summed E-state index contributed by atoms with van der Waals surface area (Å²) in [6, 6.07) is 13.8. The molecule has 0 atom stereocenters. The van der Waals surface area contributed by atoms with Crippen molar-refractivity contribution in [2.75, 3.05) is 18.5 Å². The Morgan fingerprint density at radius 3 is 2.64 bits per heavy atom. The fourth-order valence-corrected chi connectivity index (χ4v) is 3.61. The van der Waals surface area contributed by atoms with E-state index in [1.54, 1.807) is 11.3 Å². The molecule has 0 saturated carbocycles. The van der Waals surface area contributed by atoms with Gasteiger partial charge in [0.25, 0.3) is 0 Å². The van der Waals surface area contributed by atoms with Gasteiger partial charge in [-0.2, -0.15) is 0 Å². The lowest BCUT2D eigenvalue weighted by Crippen LogP contribution is -2.30. The molecule has 1 aromatic heterocycles. The van der Waals surface area contributed by atoms with Crippen molar-refractivity contribution in [2.24, 2.45) is 0 Å². The molecule has 0 radical (unpaired) electrons. The summed E-state index contributed by atoms with van der Waals surface area (Å²) < 4.78 is 5.47. The van der Waals surface area contributed by atoms with Crippen molar-refractivity contribution >= 4 is 23.1 Å². The van der Waals surface area contributed by atoms with E-state index in [1.165, 1.54) is 5.56 Å². The number of nitrogens with one attached hydrogen (secondary N) is 2. The predicted molar refractivity (Wildman–Crippen MR) is 115 cm³/mol. The van der Waals surface area contributed by atoms with E-state index in [1.807, 2.05) is 37.4 Å². The summed E-state index contributed by atoms with van der Waals surface area (Å²) in [5.74, 6) is 0.805. The van der Waals surface area contributed by atoms with Gasteiger partial charge in [0.2, 0.25) is 0 Å². The first-order chi connectivity index (χ1) is 13.5. The van der Waals surface area contributed by atoms with Crippen LogP contribution in [0.4, 0.5) is 10.5 Å². The summed E-state index contributed by atoms with van der Waals surface area (Å²) in [4.78, 5) is 16.8. The highest BCUT2D eigenvalue weighted by molar-refractivity contribution is 7.13. The summed E-state index contributed by atoms with van der Waals surface area (Å²) in [6.07, 6.45) is 0.693. The first-order valence-corrected chi connectivity index (χ1v) is 10.2. The highest BCUT2D eigenvalue weighted by Gasteiger charge is 2.07. The molecule has 1 heterocycles. The Balaban J connectivity index is 1.49. The van der Waals surface area contributed by atoms with Crippen LogP contribution in [-0.2, 0) is 6.42 Å². The van der Waals surface area contributed by atoms with E-state index in [0.29, 0.717) is 19.6 Å². The maximum atomic E-state index is 12.2. The number of rotatable bonds is 7. The summed E-state index contributed by atoms with van der Waals surface area (Å²) in [5.41, 5.74) is 5.08. The molecule has 0 aliphatic carbocycles. The van der Waals surface area contributed by atoms with Crippen molar-refractivity contribution in [3.05, 3.63) is 64.7 Å². The number of carbonyl (C=O) groups is 1. The van der Waals surface area contributed by atoms with Crippen LogP contribution in [0, 0.1) is 13.8 Å². The molecule has 3 rings (SSSR count). The molecule has 2 amide bonds.